The van der Waals surface area contributed by atoms with Crippen LogP contribution in [0.4, 0.5) is 29.5 Å². The average Bonchev–Trinajstić information content (AvgIpc) is 2.87. The summed E-state index contributed by atoms with van der Waals surface area (Å²) in [4.78, 5) is 31.4. The van der Waals surface area contributed by atoms with Crippen LogP contribution in [0.3, 0.4) is 0 Å². The number of hydrogen-bond donors (Lipinski definition) is 1. The van der Waals surface area contributed by atoms with Gasteiger partial charge in [0.15, 0.2) is 0 Å². The third kappa shape index (κ3) is 4.01. The predicted molar refractivity (Wildman–Crippen MR) is 111 cm³/mol. The van der Waals surface area contributed by atoms with Gasteiger partial charge in [-0.1, -0.05) is 0 Å². The molecule has 1 fully saturated rings. The summed E-state index contributed by atoms with van der Waals surface area (Å²) in [6, 6.07) is 6.23. The fourth-order valence-electron chi connectivity index (χ4n) is 3.27. The first-order valence-corrected chi connectivity index (χ1v) is 11.1. The number of hydrogen-bond acceptors (Lipinski definition) is 6. The van der Waals surface area contributed by atoms with E-state index in [1.165, 1.54) is 4.90 Å². The molecule has 0 aliphatic carbocycles. The summed E-state index contributed by atoms with van der Waals surface area (Å²) in [7, 11) is -5.54. The Morgan fingerprint density at radius 1 is 1.09 bits per heavy atom. The van der Waals surface area contributed by atoms with E-state index in [4.69, 9.17) is 0 Å². The summed E-state index contributed by atoms with van der Waals surface area (Å²) in [5.74, 6) is 0.0222. The normalized spacial score (nSPS) is 16.6. The number of carbonyl (C=O) groups is 2. The standard InChI is InChI=1S/C20H21F3N4O4S/c1-4-24-16-11-13(9-10-25-16)12-26-18(29)27(17(28)19(26,2)3)14-5-7-15(8-6-14)32(30,31)20(21,22)23/h5-11H,4,12H2,1-3H3,(H,24,25). The lowest BCUT2D eigenvalue weighted by Crippen LogP contribution is -2.43. The smallest absolute Gasteiger partial charge is 0.370 e. The van der Waals surface area contributed by atoms with Gasteiger partial charge in [0.2, 0.25) is 0 Å². The molecule has 172 valence electrons. The maximum absolute atomic E-state index is 13.1. The molecular formula is C20H21F3N4O4S. The fourth-order valence-corrected chi connectivity index (χ4v) is 4.03. The minimum Gasteiger partial charge on any atom is -0.370 e. The fraction of sp³-hybridized carbons (Fsp3) is 0.350. The van der Waals surface area contributed by atoms with Gasteiger partial charge in [0, 0.05) is 19.3 Å². The first-order valence-electron chi connectivity index (χ1n) is 9.57. The maximum Gasteiger partial charge on any atom is 0.501 e. The van der Waals surface area contributed by atoms with Crippen LogP contribution < -0.4 is 10.2 Å². The largest absolute Gasteiger partial charge is 0.501 e. The van der Waals surface area contributed by atoms with Gasteiger partial charge in [-0.15, -0.1) is 0 Å². The van der Waals surface area contributed by atoms with Crippen LogP contribution >= 0.6 is 0 Å². The van der Waals surface area contributed by atoms with Crippen LogP contribution in [0.5, 0.6) is 0 Å². The van der Waals surface area contributed by atoms with Crippen molar-refractivity contribution in [1.29, 1.82) is 0 Å². The highest BCUT2D eigenvalue weighted by molar-refractivity contribution is 7.92. The molecule has 1 aromatic heterocycles. The molecule has 0 saturated carbocycles. The second kappa shape index (κ2) is 8.08. The Bertz CT molecular complexity index is 1150. The Balaban J connectivity index is 1.90. The number of rotatable bonds is 6. The highest BCUT2D eigenvalue weighted by Crippen LogP contribution is 2.35. The monoisotopic (exact) mass is 470 g/mol. The SMILES string of the molecule is CCNc1cc(CN2C(=O)N(c3ccc(S(=O)(=O)C(F)(F)F)cc3)C(=O)C2(C)C)ccn1. The average molecular weight is 470 g/mol. The molecule has 1 saturated heterocycles. The molecule has 2 heterocycles. The molecule has 0 unspecified atom stereocenters. The van der Waals surface area contributed by atoms with Crippen molar-refractivity contribution in [1.82, 2.24) is 9.88 Å². The van der Waals surface area contributed by atoms with Crippen molar-refractivity contribution in [3.63, 3.8) is 0 Å². The molecule has 12 heteroatoms. The van der Waals surface area contributed by atoms with Crippen molar-refractivity contribution in [2.75, 3.05) is 16.8 Å². The first kappa shape index (κ1) is 23.5. The van der Waals surface area contributed by atoms with Gasteiger partial charge in [0.05, 0.1) is 10.6 Å². The van der Waals surface area contributed by atoms with E-state index in [1.807, 2.05) is 6.92 Å². The summed E-state index contributed by atoms with van der Waals surface area (Å²) >= 11 is 0. The van der Waals surface area contributed by atoms with Gasteiger partial charge in [-0.05, 0) is 62.7 Å². The van der Waals surface area contributed by atoms with Crippen molar-refractivity contribution < 1.29 is 31.2 Å². The van der Waals surface area contributed by atoms with Crippen molar-refractivity contribution >= 4 is 33.3 Å². The zero-order valence-electron chi connectivity index (χ0n) is 17.5. The van der Waals surface area contributed by atoms with Crippen molar-refractivity contribution in [3.8, 4) is 0 Å². The van der Waals surface area contributed by atoms with Crippen LogP contribution in [0.15, 0.2) is 47.5 Å². The van der Waals surface area contributed by atoms with E-state index in [1.54, 1.807) is 32.2 Å². The van der Waals surface area contributed by atoms with Gasteiger partial charge >= 0.3 is 11.5 Å². The molecule has 1 aromatic carbocycles. The number of pyridine rings is 1. The van der Waals surface area contributed by atoms with E-state index < -0.39 is 37.7 Å². The highest BCUT2D eigenvalue weighted by Gasteiger charge is 2.52. The number of carbonyl (C=O) groups excluding carboxylic acids is 2. The number of anilines is 2. The highest BCUT2D eigenvalue weighted by atomic mass is 32.2. The van der Waals surface area contributed by atoms with Crippen LogP contribution in [0, 0.1) is 0 Å². The maximum atomic E-state index is 13.1. The van der Waals surface area contributed by atoms with E-state index in [0.29, 0.717) is 12.4 Å². The quantitative estimate of drug-likeness (QED) is 0.649. The predicted octanol–water partition coefficient (Wildman–Crippen LogP) is 3.55. The van der Waals surface area contributed by atoms with Gasteiger partial charge in [-0.25, -0.2) is 23.1 Å². The number of benzene rings is 1. The van der Waals surface area contributed by atoms with Gasteiger partial charge in [0.25, 0.3) is 15.7 Å². The Hall–Kier alpha value is -3.15. The van der Waals surface area contributed by atoms with Gasteiger partial charge in [-0.2, -0.15) is 13.2 Å². The zero-order chi connectivity index (χ0) is 23.9. The minimum absolute atomic E-state index is 0.0280. The molecule has 0 atom stereocenters. The van der Waals surface area contributed by atoms with E-state index in [0.717, 1.165) is 34.7 Å². The minimum atomic E-state index is -5.54. The summed E-state index contributed by atoms with van der Waals surface area (Å²) in [5.41, 5.74) is -6.00. The summed E-state index contributed by atoms with van der Waals surface area (Å²) in [6.45, 7) is 5.76. The number of urea groups is 1. The van der Waals surface area contributed by atoms with Crippen LogP contribution in [-0.2, 0) is 21.2 Å². The van der Waals surface area contributed by atoms with Crippen LogP contribution in [0.25, 0.3) is 0 Å². The molecule has 1 aliphatic rings. The molecular weight excluding hydrogens is 449 g/mol. The second-order valence-corrected chi connectivity index (χ2v) is 9.53. The lowest BCUT2D eigenvalue weighted by Gasteiger charge is -2.27. The lowest BCUT2D eigenvalue weighted by molar-refractivity contribution is -0.123. The van der Waals surface area contributed by atoms with Crippen LogP contribution in [0.1, 0.15) is 26.3 Å². The molecule has 3 rings (SSSR count). The third-order valence-corrected chi connectivity index (χ3v) is 6.56. The topological polar surface area (TPSA) is 99.7 Å². The number of sulfone groups is 1. The van der Waals surface area contributed by atoms with E-state index in [9.17, 15) is 31.2 Å². The number of halogens is 3. The van der Waals surface area contributed by atoms with Crippen molar-refractivity contribution in [3.05, 3.63) is 48.2 Å². The number of alkyl halides is 3. The first-order chi connectivity index (χ1) is 14.8. The number of amides is 3. The molecule has 0 bridgehead atoms. The number of imide groups is 1. The molecule has 0 radical (unpaired) electrons. The number of nitrogens with zero attached hydrogens (tertiary/aromatic N) is 3. The Kier molecular flexibility index (Phi) is 5.94. The molecule has 3 amide bonds. The summed E-state index contributed by atoms with van der Waals surface area (Å²) in [6.07, 6.45) is 1.57. The second-order valence-electron chi connectivity index (χ2n) is 7.59. The molecule has 0 spiro atoms. The molecule has 1 aliphatic heterocycles. The van der Waals surface area contributed by atoms with Gasteiger partial charge in [-0.3, -0.25) is 4.79 Å². The zero-order valence-corrected chi connectivity index (χ0v) is 18.3. The molecule has 32 heavy (non-hydrogen) atoms. The summed E-state index contributed by atoms with van der Waals surface area (Å²) in [5, 5.41) is 3.06. The van der Waals surface area contributed by atoms with Crippen LogP contribution in [-0.4, -0.2) is 47.8 Å². The third-order valence-electron chi connectivity index (χ3n) is 5.06. The van der Waals surface area contributed by atoms with Crippen LogP contribution in [0.2, 0.25) is 0 Å². The Morgan fingerprint density at radius 2 is 1.72 bits per heavy atom. The summed E-state index contributed by atoms with van der Waals surface area (Å²) < 4.78 is 61.4. The Morgan fingerprint density at radius 3 is 2.28 bits per heavy atom. The van der Waals surface area contributed by atoms with Crippen molar-refractivity contribution in [2.45, 2.75) is 43.3 Å². The molecule has 2 aromatic rings. The van der Waals surface area contributed by atoms with E-state index in [2.05, 4.69) is 10.3 Å². The molecule has 8 nitrogen and oxygen atoms in total. The number of nitrogens with one attached hydrogen (secondary N) is 1. The molecule has 1 N–H and O–H groups in total. The lowest BCUT2D eigenvalue weighted by atomic mass is 10.0. The Labute approximate surface area is 183 Å². The van der Waals surface area contributed by atoms with Gasteiger partial charge in [0.1, 0.15) is 11.4 Å². The van der Waals surface area contributed by atoms with Crippen molar-refractivity contribution in [2.24, 2.45) is 0 Å². The van der Waals surface area contributed by atoms with Gasteiger partial charge < -0.3 is 10.2 Å². The van der Waals surface area contributed by atoms with E-state index >= 15 is 0 Å². The van der Waals surface area contributed by atoms with E-state index in [-0.39, 0.29) is 12.2 Å². The number of aromatic nitrogens is 1.